The molecule has 0 fully saturated rings. The highest BCUT2D eigenvalue weighted by atomic mass is 16.4. The minimum Gasteiger partial charge on any atom is -0.508 e. The average Bonchev–Trinajstić information content (AvgIpc) is 2.80. The summed E-state index contributed by atoms with van der Waals surface area (Å²) in [5.74, 6) is 0.644. The lowest BCUT2D eigenvalue weighted by Crippen LogP contribution is -1.97. The highest BCUT2D eigenvalue weighted by Crippen LogP contribution is 2.29. The van der Waals surface area contributed by atoms with Gasteiger partial charge in [-0.3, -0.25) is 0 Å². The first-order valence-electron chi connectivity index (χ1n) is 5.05. The first-order valence-corrected chi connectivity index (χ1v) is 5.05. The molecule has 0 amide bonds. The number of aromatic hydroxyl groups is 1. The van der Waals surface area contributed by atoms with E-state index in [9.17, 15) is 9.90 Å². The van der Waals surface area contributed by atoms with Crippen molar-refractivity contribution >= 4 is 11.0 Å². The SMILES string of the molecule is O=c1cc(-c2ccco2)c2ccc(O)cc2o1. The molecule has 1 N–H and O–H groups in total. The maximum absolute atomic E-state index is 11.4. The molecule has 0 unspecified atom stereocenters. The van der Waals surface area contributed by atoms with Gasteiger partial charge in [0.15, 0.2) is 0 Å². The Morgan fingerprint density at radius 2 is 2.00 bits per heavy atom. The van der Waals surface area contributed by atoms with Crippen LogP contribution in [0.3, 0.4) is 0 Å². The monoisotopic (exact) mass is 228 g/mol. The zero-order chi connectivity index (χ0) is 11.8. The minimum atomic E-state index is -0.477. The van der Waals surface area contributed by atoms with Crippen LogP contribution in [0.15, 0.2) is 56.3 Å². The first-order chi connectivity index (χ1) is 8.24. The second kappa shape index (κ2) is 3.52. The Morgan fingerprint density at radius 3 is 2.76 bits per heavy atom. The molecule has 0 aliphatic carbocycles. The van der Waals surface area contributed by atoms with Gasteiger partial charge >= 0.3 is 5.63 Å². The van der Waals surface area contributed by atoms with Gasteiger partial charge in [0.2, 0.25) is 0 Å². The molecule has 0 bridgehead atoms. The van der Waals surface area contributed by atoms with E-state index in [0.29, 0.717) is 16.9 Å². The molecule has 3 aromatic rings. The number of phenolic OH excluding ortho intramolecular Hbond substituents is 1. The molecule has 17 heavy (non-hydrogen) atoms. The summed E-state index contributed by atoms with van der Waals surface area (Å²) < 4.78 is 10.3. The Balaban J connectivity index is 2.42. The highest BCUT2D eigenvalue weighted by Gasteiger charge is 2.10. The Labute approximate surface area is 95.7 Å². The van der Waals surface area contributed by atoms with Gasteiger partial charge in [0.1, 0.15) is 17.1 Å². The Kier molecular flexibility index (Phi) is 2.01. The molecule has 0 saturated heterocycles. The summed E-state index contributed by atoms with van der Waals surface area (Å²) in [4.78, 5) is 11.4. The van der Waals surface area contributed by atoms with Crippen molar-refractivity contribution < 1.29 is 13.9 Å². The molecule has 0 radical (unpaired) electrons. The highest BCUT2D eigenvalue weighted by molar-refractivity contribution is 5.92. The van der Waals surface area contributed by atoms with Crippen molar-refractivity contribution in [2.45, 2.75) is 0 Å². The van der Waals surface area contributed by atoms with Crippen molar-refractivity contribution in [1.29, 1.82) is 0 Å². The molecule has 2 heterocycles. The van der Waals surface area contributed by atoms with E-state index < -0.39 is 5.63 Å². The van der Waals surface area contributed by atoms with E-state index in [0.717, 1.165) is 5.39 Å². The fourth-order valence-electron chi connectivity index (χ4n) is 1.79. The summed E-state index contributed by atoms with van der Waals surface area (Å²) in [7, 11) is 0. The van der Waals surface area contributed by atoms with E-state index in [1.165, 1.54) is 24.5 Å². The third kappa shape index (κ3) is 1.59. The maximum atomic E-state index is 11.4. The zero-order valence-corrected chi connectivity index (χ0v) is 8.71. The van der Waals surface area contributed by atoms with Crippen LogP contribution in [0.1, 0.15) is 0 Å². The molecule has 1 aromatic carbocycles. The normalized spacial score (nSPS) is 10.8. The third-order valence-corrected chi connectivity index (χ3v) is 2.51. The van der Waals surface area contributed by atoms with Gasteiger partial charge in [0.25, 0.3) is 0 Å². The third-order valence-electron chi connectivity index (χ3n) is 2.51. The second-order valence-electron chi connectivity index (χ2n) is 3.64. The van der Waals surface area contributed by atoms with Crippen molar-refractivity contribution in [2.75, 3.05) is 0 Å². The summed E-state index contributed by atoms with van der Waals surface area (Å²) >= 11 is 0. The molecule has 2 aromatic heterocycles. The van der Waals surface area contributed by atoms with Crippen LogP contribution in [-0.4, -0.2) is 5.11 Å². The van der Waals surface area contributed by atoms with E-state index in [2.05, 4.69) is 0 Å². The van der Waals surface area contributed by atoms with Crippen LogP contribution in [0.4, 0.5) is 0 Å². The van der Waals surface area contributed by atoms with Crippen molar-refractivity contribution in [2.24, 2.45) is 0 Å². The standard InChI is InChI=1S/C13H8O4/c14-8-3-4-9-10(11-2-1-5-16-11)7-13(15)17-12(9)6-8/h1-7,14H. The Bertz CT molecular complexity index is 723. The molecular formula is C13H8O4. The minimum absolute atomic E-state index is 0.0530. The second-order valence-corrected chi connectivity index (χ2v) is 3.64. The number of hydrogen-bond acceptors (Lipinski definition) is 4. The van der Waals surface area contributed by atoms with Crippen LogP contribution < -0.4 is 5.63 Å². The van der Waals surface area contributed by atoms with Gasteiger partial charge in [0.05, 0.1) is 6.26 Å². The molecule has 4 heteroatoms. The van der Waals surface area contributed by atoms with Crippen molar-refractivity contribution in [3.05, 3.63) is 53.1 Å². The van der Waals surface area contributed by atoms with E-state index in [-0.39, 0.29) is 5.75 Å². The number of fused-ring (bicyclic) bond motifs is 1. The van der Waals surface area contributed by atoms with Crippen LogP contribution in [0.5, 0.6) is 5.75 Å². The van der Waals surface area contributed by atoms with Crippen LogP contribution >= 0.6 is 0 Å². The predicted octanol–water partition coefficient (Wildman–Crippen LogP) is 2.76. The largest absolute Gasteiger partial charge is 0.508 e. The Hall–Kier alpha value is -2.49. The first kappa shape index (κ1) is 9.72. The molecule has 3 rings (SSSR count). The summed E-state index contributed by atoms with van der Waals surface area (Å²) in [6, 6.07) is 9.51. The lowest BCUT2D eigenvalue weighted by Gasteiger charge is -2.02. The van der Waals surface area contributed by atoms with Crippen LogP contribution in [0.25, 0.3) is 22.3 Å². The average molecular weight is 228 g/mol. The van der Waals surface area contributed by atoms with Crippen molar-refractivity contribution in [3.63, 3.8) is 0 Å². The van der Waals surface area contributed by atoms with E-state index in [4.69, 9.17) is 8.83 Å². The molecular weight excluding hydrogens is 220 g/mol. The fourth-order valence-corrected chi connectivity index (χ4v) is 1.79. The molecule has 0 aliphatic rings. The number of benzene rings is 1. The van der Waals surface area contributed by atoms with Gasteiger partial charge in [-0.1, -0.05) is 0 Å². The fraction of sp³-hybridized carbons (Fsp3) is 0. The number of rotatable bonds is 1. The van der Waals surface area contributed by atoms with Gasteiger partial charge in [-0.15, -0.1) is 0 Å². The van der Waals surface area contributed by atoms with Gasteiger partial charge in [-0.25, -0.2) is 4.79 Å². The predicted molar refractivity (Wildman–Crippen MR) is 61.9 cm³/mol. The molecule has 84 valence electrons. The van der Waals surface area contributed by atoms with Crippen molar-refractivity contribution in [1.82, 2.24) is 0 Å². The van der Waals surface area contributed by atoms with Gasteiger partial charge in [-0.05, 0) is 24.3 Å². The van der Waals surface area contributed by atoms with E-state index in [1.54, 1.807) is 18.2 Å². The smallest absolute Gasteiger partial charge is 0.336 e. The Morgan fingerprint density at radius 1 is 1.12 bits per heavy atom. The molecule has 4 nitrogen and oxygen atoms in total. The molecule has 0 aliphatic heterocycles. The molecule has 0 saturated carbocycles. The summed E-state index contributed by atoms with van der Waals surface area (Å²) in [6.45, 7) is 0. The van der Waals surface area contributed by atoms with Crippen LogP contribution in [-0.2, 0) is 0 Å². The van der Waals surface area contributed by atoms with Gasteiger partial charge in [0, 0.05) is 23.1 Å². The molecule has 0 spiro atoms. The number of phenols is 1. The summed E-state index contributed by atoms with van der Waals surface area (Å²) in [5.41, 5.74) is 0.514. The van der Waals surface area contributed by atoms with Crippen molar-refractivity contribution in [3.8, 4) is 17.1 Å². The zero-order valence-electron chi connectivity index (χ0n) is 8.71. The summed E-state index contributed by atoms with van der Waals surface area (Å²) in [6.07, 6.45) is 1.54. The van der Waals surface area contributed by atoms with Gasteiger partial charge < -0.3 is 13.9 Å². The lowest BCUT2D eigenvalue weighted by molar-refractivity contribution is 0.473. The maximum Gasteiger partial charge on any atom is 0.336 e. The topological polar surface area (TPSA) is 63.6 Å². The van der Waals surface area contributed by atoms with E-state index in [1.807, 2.05) is 0 Å². The number of furan rings is 1. The van der Waals surface area contributed by atoms with Gasteiger partial charge in [-0.2, -0.15) is 0 Å². The molecule has 0 atom stereocenters. The van der Waals surface area contributed by atoms with E-state index >= 15 is 0 Å². The van der Waals surface area contributed by atoms with Crippen LogP contribution in [0, 0.1) is 0 Å². The lowest BCUT2D eigenvalue weighted by atomic mass is 10.1. The van der Waals surface area contributed by atoms with Crippen LogP contribution in [0.2, 0.25) is 0 Å². The quantitative estimate of drug-likeness (QED) is 0.650. The number of hydrogen-bond donors (Lipinski definition) is 1. The summed E-state index contributed by atoms with van der Waals surface area (Å²) in [5, 5.41) is 10.1.